The van der Waals surface area contributed by atoms with Gasteiger partial charge in [0.25, 0.3) is 0 Å². The fraction of sp³-hybridized carbons (Fsp3) is 0.222. The predicted molar refractivity (Wildman–Crippen MR) is 94.0 cm³/mol. The minimum absolute atomic E-state index is 0.175. The molecular weight excluding hydrogens is 331 g/mol. The number of carbonyl (C=O) groups excluding carboxylic acids is 1. The van der Waals surface area contributed by atoms with Crippen molar-refractivity contribution in [2.45, 2.75) is 22.6 Å². The molecule has 23 heavy (non-hydrogen) atoms. The Morgan fingerprint density at radius 1 is 1.09 bits per heavy atom. The van der Waals surface area contributed by atoms with E-state index in [0.29, 0.717) is 6.42 Å². The number of rotatable bonds is 5. The van der Waals surface area contributed by atoms with Crippen LogP contribution in [0.1, 0.15) is 17.5 Å². The van der Waals surface area contributed by atoms with Crippen LogP contribution in [0.25, 0.3) is 0 Å². The smallest absolute Gasteiger partial charge is 0.244 e. The molecule has 1 N–H and O–H groups in total. The summed E-state index contributed by atoms with van der Waals surface area (Å²) in [4.78, 5) is 11.9. The van der Waals surface area contributed by atoms with Crippen LogP contribution in [0.4, 0.5) is 0 Å². The Balaban J connectivity index is 1.66. The van der Waals surface area contributed by atoms with Crippen molar-refractivity contribution < 1.29 is 4.79 Å². The molecule has 0 aromatic heterocycles. The van der Waals surface area contributed by atoms with Gasteiger partial charge in [-0.05, 0) is 17.5 Å². The molecule has 0 bridgehead atoms. The molecule has 1 fully saturated rings. The number of benzene rings is 2. The normalized spacial score (nSPS) is 22.0. The predicted octanol–water partition coefficient (Wildman–Crippen LogP) is 3.85. The number of nitrogens with one attached hydrogen (secondary N) is 1. The van der Waals surface area contributed by atoms with Crippen LogP contribution in [0.3, 0.4) is 0 Å². The Kier molecular flexibility index (Phi) is 4.42. The molecule has 1 saturated carbocycles. The zero-order valence-corrected chi connectivity index (χ0v) is 13.9. The number of amides is 1. The molecule has 118 valence electrons. The first kappa shape index (κ1) is 16.0. The van der Waals surface area contributed by atoms with Crippen LogP contribution >= 0.6 is 23.2 Å². The molecule has 2 aromatic rings. The Bertz CT molecular complexity index is 716. The summed E-state index contributed by atoms with van der Waals surface area (Å²) in [5, 5.41) is 4.08. The van der Waals surface area contributed by atoms with Gasteiger partial charge in [0.2, 0.25) is 5.91 Å². The van der Waals surface area contributed by atoms with Gasteiger partial charge in [-0.25, -0.2) is 5.43 Å². The highest BCUT2D eigenvalue weighted by atomic mass is 35.5. The van der Waals surface area contributed by atoms with E-state index in [-0.39, 0.29) is 12.3 Å². The fourth-order valence-corrected chi connectivity index (χ4v) is 3.34. The van der Waals surface area contributed by atoms with E-state index in [1.54, 1.807) is 6.21 Å². The molecule has 5 heteroatoms. The summed E-state index contributed by atoms with van der Waals surface area (Å²) in [5.74, 6) is -0.175. The van der Waals surface area contributed by atoms with Crippen molar-refractivity contribution in [1.29, 1.82) is 0 Å². The lowest BCUT2D eigenvalue weighted by Crippen LogP contribution is -2.23. The summed E-state index contributed by atoms with van der Waals surface area (Å²) >= 11 is 12.6. The van der Waals surface area contributed by atoms with E-state index in [0.717, 1.165) is 11.1 Å². The Morgan fingerprint density at radius 3 is 2.22 bits per heavy atom. The van der Waals surface area contributed by atoms with Gasteiger partial charge in [0, 0.05) is 6.21 Å². The van der Waals surface area contributed by atoms with Crippen molar-refractivity contribution in [3.05, 3.63) is 71.8 Å². The number of halogens is 2. The van der Waals surface area contributed by atoms with Gasteiger partial charge in [-0.15, -0.1) is 23.2 Å². The van der Waals surface area contributed by atoms with Crippen molar-refractivity contribution in [2.75, 3.05) is 0 Å². The van der Waals surface area contributed by atoms with E-state index in [1.807, 2.05) is 60.7 Å². The standard InChI is InChI=1S/C18H16Cl2N2O/c19-18(20)12-17(18,15-9-5-2-6-10-15)13-21-22-16(23)11-14-7-3-1-4-8-14/h1-10,13H,11-12H2,(H,22,23)/t17-/m0/s1. The third kappa shape index (κ3) is 3.41. The molecular formula is C18H16Cl2N2O. The average molecular weight is 347 g/mol. The molecule has 1 aliphatic carbocycles. The topological polar surface area (TPSA) is 41.5 Å². The van der Waals surface area contributed by atoms with E-state index < -0.39 is 9.75 Å². The molecule has 0 unspecified atom stereocenters. The van der Waals surface area contributed by atoms with Gasteiger partial charge in [0.1, 0.15) is 4.33 Å². The van der Waals surface area contributed by atoms with Crippen molar-refractivity contribution in [3.63, 3.8) is 0 Å². The van der Waals surface area contributed by atoms with Crippen LogP contribution in [0.2, 0.25) is 0 Å². The zero-order valence-electron chi connectivity index (χ0n) is 12.4. The number of hydrogen-bond acceptors (Lipinski definition) is 2. The maximum atomic E-state index is 11.9. The summed E-state index contributed by atoms with van der Waals surface area (Å²) in [6.07, 6.45) is 2.50. The molecule has 2 aromatic carbocycles. The number of alkyl halides is 2. The lowest BCUT2D eigenvalue weighted by molar-refractivity contribution is -0.120. The lowest BCUT2D eigenvalue weighted by Gasteiger charge is -2.13. The van der Waals surface area contributed by atoms with Crippen LogP contribution in [0, 0.1) is 0 Å². The molecule has 3 rings (SSSR count). The first-order valence-electron chi connectivity index (χ1n) is 7.34. The average Bonchev–Trinajstić information content (AvgIpc) is 3.12. The Hall–Kier alpha value is -1.84. The van der Waals surface area contributed by atoms with Crippen LogP contribution in [0.15, 0.2) is 65.8 Å². The summed E-state index contributed by atoms with van der Waals surface area (Å²) in [5.41, 5.74) is 3.93. The third-order valence-corrected chi connectivity index (χ3v) is 4.94. The van der Waals surface area contributed by atoms with Crippen molar-refractivity contribution in [2.24, 2.45) is 5.10 Å². The first-order chi connectivity index (χ1) is 11.0. The highest BCUT2D eigenvalue weighted by Crippen LogP contribution is 2.63. The van der Waals surface area contributed by atoms with Gasteiger partial charge in [-0.2, -0.15) is 5.10 Å². The molecule has 3 nitrogen and oxygen atoms in total. The van der Waals surface area contributed by atoms with Crippen molar-refractivity contribution >= 4 is 35.3 Å². The Labute approximate surface area is 145 Å². The number of carbonyl (C=O) groups is 1. The van der Waals surface area contributed by atoms with E-state index in [2.05, 4.69) is 10.5 Å². The van der Waals surface area contributed by atoms with Gasteiger partial charge < -0.3 is 0 Å². The second-order valence-electron chi connectivity index (χ2n) is 5.67. The minimum atomic E-state index is -0.887. The largest absolute Gasteiger partial charge is 0.273 e. The van der Waals surface area contributed by atoms with E-state index >= 15 is 0 Å². The molecule has 0 aliphatic heterocycles. The van der Waals surface area contributed by atoms with Gasteiger partial charge in [0.05, 0.1) is 11.8 Å². The molecule has 0 saturated heterocycles. The second kappa shape index (κ2) is 6.34. The molecule has 1 atom stereocenters. The maximum absolute atomic E-state index is 11.9. The lowest BCUT2D eigenvalue weighted by atomic mass is 9.97. The third-order valence-electron chi connectivity index (χ3n) is 4.00. The van der Waals surface area contributed by atoms with Crippen LogP contribution in [-0.2, 0) is 16.6 Å². The number of hydrazone groups is 1. The first-order valence-corrected chi connectivity index (χ1v) is 8.09. The summed E-state index contributed by atoms with van der Waals surface area (Å²) in [6, 6.07) is 19.2. The van der Waals surface area contributed by atoms with Gasteiger partial charge in [0.15, 0.2) is 0 Å². The fourth-order valence-electron chi connectivity index (χ4n) is 2.60. The summed E-state index contributed by atoms with van der Waals surface area (Å²) in [6.45, 7) is 0. The maximum Gasteiger partial charge on any atom is 0.244 e. The highest BCUT2D eigenvalue weighted by Gasteiger charge is 2.66. The summed E-state index contributed by atoms with van der Waals surface area (Å²) < 4.78 is -0.887. The monoisotopic (exact) mass is 346 g/mol. The van der Waals surface area contributed by atoms with Crippen molar-refractivity contribution in [3.8, 4) is 0 Å². The molecule has 0 spiro atoms. The molecule has 0 radical (unpaired) electrons. The molecule has 1 amide bonds. The van der Waals surface area contributed by atoms with Crippen LogP contribution < -0.4 is 5.43 Å². The van der Waals surface area contributed by atoms with E-state index in [1.165, 1.54) is 0 Å². The van der Waals surface area contributed by atoms with Crippen molar-refractivity contribution in [1.82, 2.24) is 5.43 Å². The van der Waals surface area contributed by atoms with E-state index in [4.69, 9.17) is 23.2 Å². The SMILES string of the molecule is O=C(Cc1ccccc1)NN=C[C@]1(c2ccccc2)CC1(Cl)Cl. The zero-order chi connectivity index (χ0) is 16.3. The van der Waals surface area contributed by atoms with Crippen LogP contribution in [-0.4, -0.2) is 16.5 Å². The van der Waals surface area contributed by atoms with E-state index in [9.17, 15) is 4.79 Å². The number of nitrogens with zero attached hydrogens (tertiary/aromatic N) is 1. The van der Waals surface area contributed by atoms with Crippen LogP contribution in [0.5, 0.6) is 0 Å². The van der Waals surface area contributed by atoms with Gasteiger partial charge in [-0.1, -0.05) is 60.7 Å². The minimum Gasteiger partial charge on any atom is -0.273 e. The molecule has 1 aliphatic rings. The quantitative estimate of drug-likeness (QED) is 0.498. The Morgan fingerprint density at radius 2 is 1.65 bits per heavy atom. The van der Waals surface area contributed by atoms with Gasteiger partial charge in [-0.3, -0.25) is 4.79 Å². The van der Waals surface area contributed by atoms with Gasteiger partial charge >= 0.3 is 0 Å². The second-order valence-corrected chi connectivity index (χ2v) is 7.16. The summed E-state index contributed by atoms with van der Waals surface area (Å²) in [7, 11) is 0. The molecule has 0 heterocycles. The highest BCUT2D eigenvalue weighted by molar-refractivity contribution is 6.53. The number of hydrogen-bond donors (Lipinski definition) is 1.